The monoisotopic (exact) mass is 457 g/mol. The number of hydrogen-bond donors (Lipinski definition) is 0. The van der Waals surface area contributed by atoms with Gasteiger partial charge in [-0.25, -0.2) is 0 Å². The lowest BCUT2D eigenvalue weighted by molar-refractivity contribution is -0.400. The Hall–Kier alpha value is -3.22. The van der Waals surface area contributed by atoms with Gasteiger partial charge >= 0.3 is 0 Å². The zero-order valence-corrected chi connectivity index (χ0v) is 20.1. The zero-order chi connectivity index (χ0) is 24.1. The summed E-state index contributed by atoms with van der Waals surface area (Å²) in [6.07, 6.45) is 8.67. The van der Waals surface area contributed by atoms with Crippen LogP contribution in [0.5, 0.6) is 23.0 Å². The second kappa shape index (κ2) is 14.0. The highest BCUT2D eigenvalue weighted by molar-refractivity contribution is 5.86. The van der Waals surface area contributed by atoms with Crippen LogP contribution in [-0.2, 0) is 0 Å². The first-order valence-electron chi connectivity index (χ1n) is 11.5. The van der Waals surface area contributed by atoms with Crippen LogP contribution in [0.3, 0.4) is 0 Å². The van der Waals surface area contributed by atoms with Gasteiger partial charge < -0.3 is 18.9 Å². The summed E-state index contributed by atoms with van der Waals surface area (Å²) < 4.78 is 23.3. The van der Waals surface area contributed by atoms with E-state index in [-0.39, 0.29) is 0 Å². The minimum absolute atomic E-state index is 0.476. The summed E-state index contributed by atoms with van der Waals surface area (Å²) in [6.45, 7) is 5.49. The van der Waals surface area contributed by atoms with Crippen molar-refractivity contribution in [2.45, 2.75) is 52.4 Å². The summed E-state index contributed by atoms with van der Waals surface area (Å²) in [4.78, 5) is 10.5. The molecule has 2 aromatic carbocycles. The Balaban J connectivity index is 2.59. The number of hydrogen-bond acceptors (Lipinski definition) is 6. The molecule has 7 heteroatoms. The topological polar surface area (TPSA) is 80.1 Å². The van der Waals surface area contributed by atoms with Gasteiger partial charge in [0.15, 0.2) is 11.5 Å². The highest BCUT2D eigenvalue weighted by Crippen LogP contribution is 2.46. The van der Waals surface area contributed by atoms with Crippen molar-refractivity contribution in [3.63, 3.8) is 0 Å². The van der Waals surface area contributed by atoms with E-state index in [9.17, 15) is 10.1 Å². The van der Waals surface area contributed by atoms with E-state index in [1.54, 1.807) is 26.4 Å². The Morgan fingerprint density at radius 1 is 0.879 bits per heavy atom. The summed E-state index contributed by atoms with van der Waals surface area (Å²) in [6, 6.07) is 9.18. The van der Waals surface area contributed by atoms with Crippen LogP contribution in [0.4, 0.5) is 0 Å². The van der Waals surface area contributed by atoms with Gasteiger partial charge in [-0.2, -0.15) is 0 Å². The van der Waals surface area contributed by atoms with Crippen molar-refractivity contribution >= 4 is 6.08 Å². The summed E-state index contributed by atoms with van der Waals surface area (Å²) in [5.74, 6) is 2.37. The van der Waals surface area contributed by atoms with Crippen molar-refractivity contribution < 1.29 is 23.9 Å². The quantitative estimate of drug-likeness (QED) is 0.167. The molecule has 0 aliphatic carbocycles. The van der Waals surface area contributed by atoms with Crippen LogP contribution < -0.4 is 18.9 Å². The molecule has 2 aromatic rings. The lowest BCUT2D eigenvalue weighted by Gasteiger charge is -2.19. The Bertz CT molecular complexity index is 925. The molecule has 180 valence electrons. The van der Waals surface area contributed by atoms with Crippen LogP contribution in [0.25, 0.3) is 17.2 Å². The Morgan fingerprint density at radius 3 is 2.15 bits per heavy atom. The van der Waals surface area contributed by atoms with Gasteiger partial charge in [-0.05, 0) is 42.7 Å². The fourth-order valence-corrected chi connectivity index (χ4v) is 3.50. The van der Waals surface area contributed by atoms with Crippen molar-refractivity contribution in [3.8, 4) is 34.1 Å². The maximum absolute atomic E-state index is 11.0. The molecule has 2 rings (SSSR count). The first-order valence-corrected chi connectivity index (χ1v) is 11.5. The number of unbranched alkanes of at least 4 members (excludes halogenated alkanes) is 4. The molecular weight excluding hydrogens is 422 g/mol. The summed E-state index contributed by atoms with van der Waals surface area (Å²) in [5.41, 5.74) is 2.00. The van der Waals surface area contributed by atoms with Crippen molar-refractivity contribution in [2.75, 3.05) is 27.4 Å². The molecule has 0 atom stereocenters. The standard InChI is InChI=1S/C26H35NO6/c1-5-7-9-17-32-21-12-14-23(33-18-10-8-6-2)22(19-21)25-20(15-16-27(28)29)11-13-24(30-3)26(25)31-4/h11-16,19H,5-10,17-18H2,1-4H3. The second-order valence-electron chi connectivity index (χ2n) is 7.64. The van der Waals surface area contributed by atoms with Crippen LogP contribution in [0.15, 0.2) is 36.5 Å². The molecule has 0 amide bonds. The average molecular weight is 458 g/mol. The van der Waals surface area contributed by atoms with E-state index in [0.717, 1.165) is 50.3 Å². The number of rotatable bonds is 15. The fraction of sp³-hybridized carbons (Fsp3) is 0.462. The molecule has 0 fully saturated rings. The molecule has 0 saturated carbocycles. The molecule has 0 radical (unpaired) electrons. The zero-order valence-electron chi connectivity index (χ0n) is 20.1. The Kier molecular flexibility index (Phi) is 11.1. The molecule has 0 aromatic heterocycles. The third kappa shape index (κ3) is 7.70. The van der Waals surface area contributed by atoms with Gasteiger partial charge in [0, 0.05) is 17.2 Å². The third-order valence-electron chi connectivity index (χ3n) is 5.20. The highest BCUT2D eigenvalue weighted by atomic mass is 16.6. The molecule has 33 heavy (non-hydrogen) atoms. The normalized spacial score (nSPS) is 10.9. The molecule has 0 bridgehead atoms. The predicted octanol–water partition coefficient (Wildman–Crippen LogP) is 6.76. The van der Waals surface area contributed by atoms with Gasteiger partial charge in [-0.15, -0.1) is 0 Å². The van der Waals surface area contributed by atoms with E-state index in [2.05, 4.69) is 13.8 Å². The Labute approximate surface area is 196 Å². The molecule has 7 nitrogen and oxygen atoms in total. The van der Waals surface area contributed by atoms with E-state index in [0.29, 0.717) is 47.3 Å². The maximum Gasteiger partial charge on any atom is 0.235 e. The molecule has 0 aliphatic rings. The number of benzene rings is 2. The van der Waals surface area contributed by atoms with E-state index in [1.165, 1.54) is 6.08 Å². The van der Waals surface area contributed by atoms with Gasteiger partial charge in [-0.3, -0.25) is 10.1 Å². The van der Waals surface area contributed by atoms with Crippen LogP contribution in [0.2, 0.25) is 0 Å². The van der Waals surface area contributed by atoms with Crippen LogP contribution in [0.1, 0.15) is 57.9 Å². The van der Waals surface area contributed by atoms with Crippen molar-refractivity contribution in [2.24, 2.45) is 0 Å². The minimum Gasteiger partial charge on any atom is -0.494 e. The number of ether oxygens (including phenoxy) is 4. The summed E-state index contributed by atoms with van der Waals surface area (Å²) >= 11 is 0. The average Bonchev–Trinajstić information content (AvgIpc) is 2.83. The summed E-state index contributed by atoms with van der Waals surface area (Å²) in [7, 11) is 3.11. The molecule has 0 unspecified atom stereocenters. The van der Waals surface area contributed by atoms with Crippen LogP contribution in [-0.4, -0.2) is 32.4 Å². The third-order valence-corrected chi connectivity index (χ3v) is 5.20. The molecule has 0 spiro atoms. The predicted molar refractivity (Wildman–Crippen MR) is 131 cm³/mol. The fourth-order valence-electron chi connectivity index (χ4n) is 3.50. The van der Waals surface area contributed by atoms with Gasteiger partial charge in [0.1, 0.15) is 11.5 Å². The SMILES string of the molecule is CCCCCOc1ccc(OCCCCC)c(-c2c(C=C[N+](=O)[O-])ccc(OC)c2OC)c1. The number of nitrogens with zero attached hydrogens (tertiary/aromatic N) is 1. The van der Waals surface area contributed by atoms with E-state index >= 15 is 0 Å². The molecular formula is C26H35NO6. The summed E-state index contributed by atoms with van der Waals surface area (Å²) in [5, 5.41) is 11.0. The highest BCUT2D eigenvalue weighted by Gasteiger charge is 2.20. The van der Waals surface area contributed by atoms with Gasteiger partial charge in [-0.1, -0.05) is 45.6 Å². The lowest BCUT2D eigenvalue weighted by atomic mass is 9.96. The van der Waals surface area contributed by atoms with Gasteiger partial charge in [0.2, 0.25) is 6.20 Å². The smallest absolute Gasteiger partial charge is 0.235 e. The molecule has 0 aliphatic heterocycles. The van der Waals surface area contributed by atoms with Crippen molar-refractivity contribution in [3.05, 3.63) is 52.2 Å². The largest absolute Gasteiger partial charge is 0.494 e. The van der Waals surface area contributed by atoms with E-state index in [1.807, 2.05) is 18.2 Å². The minimum atomic E-state index is -0.490. The maximum atomic E-state index is 11.0. The van der Waals surface area contributed by atoms with Crippen molar-refractivity contribution in [1.82, 2.24) is 0 Å². The van der Waals surface area contributed by atoms with E-state index in [4.69, 9.17) is 18.9 Å². The molecule has 0 saturated heterocycles. The van der Waals surface area contributed by atoms with Gasteiger partial charge in [0.25, 0.3) is 0 Å². The first kappa shape index (κ1) is 26.0. The van der Waals surface area contributed by atoms with Crippen LogP contribution in [0, 0.1) is 10.1 Å². The van der Waals surface area contributed by atoms with Gasteiger partial charge in [0.05, 0.1) is 32.4 Å². The first-order chi connectivity index (χ1) is 16.0. The molecule has 0 N–H and O–H groups in total. The number of nitro groups is 1. The van der Waals surface area contributed by atoms with Crippen LogP contribution >= 0.6 is 0 Å². The Morgan fingerprint density at radius 2 is 1.55 bits per heavy atom. The van der Waals surface area contributed by atoms with Crippen molar-refractivity contribution in [1.29, 1.82) is 0 Å². The molecule has 0 heterocycles. The van der Waals surface area contributed by atoms with E-state index < -0.39 is 4.92 Å². The lowest BCUT2D eigenvalue weighted by Crippen LogP contribution is -2.03. The number of methoxy groups -OCH3 is 2. The second-order valence-corrected chi connectivity index (χ2v) is 7.64.